The molecule has 172 valence electrons. The van der Waals surface area contributed by atoms with Gasteiger partial charge in [-0.25, -0.2) is 9.98 Å². The summed E-state index contributed by atoms with van der Waals surface area (Å²) in [6.07, 6.45) is 0. The van der Waals surface area contributed by atoms with Crippen molar-refractivity contribution in [3.63, 3.8) is 0 Å². The minimum absolute atomic E-state index is 0. The molecule has 4 nitrogen and oxygen atoms in total. The first-order valence-electron chi connectivity index (χ1n) is 10.0. The first-order chi connectivity index (χ1) is 13.7. The fourth-order valence-electron chi connectivity index (χ4n) is 3.89. The van der Waals surface area contributed by atoms with Crippen LogP contribution < -0.4 is 0 Å². The van der Waals surface area contributed by atoms with E-state index in [1.54, 1.807) is 0 Å². The van der Waals surface area contributed by atoms with Gasteiger partial charge in [-0.05, 0) is 77.6 Å². The normalized spacial score (nSPS) is 13.5. The maximum atomic E-state index is 4.87. The molecule has 0 fully saturated rings. The van der Waals surface area contributed by atoms with E-state index in [-0.39, 0.29) is 31.9 Å². The van der Waals surface area contributed by atoms with E-state index >= 15 is 0 Å². The van der Waals surface area contributed by atoms with Crippen LogP contribution in [0.5, 0.6) is 0 Å². The van der Waals surface area contributed by atoms with Crippen LogP contribution in [0.4, 0.5) is 11.4 Å². The summed E-state index contributed by atoms with van der Waals surface area (Å²) in [5.41, 5.74) is 11.9. The van der Waals surface area contributed by atoms with E-state index < -0.39 is 0 Å². The van der Waals surface area contributed by atoms with Crippen LogP contribution in [0.3, 0.4) is 0 Å². The molecule has 5 heteroatoms. The Balaban J connectivity index is 0.00000320. The van der Waals surface area contributed by atoms with Crippen LogP contribution in [0.15, 0.2) is 44.2 Å². The molecule has 3 rings (SSSR count). The van der Waals surface area contributed by atoms with Gasteiger partial charge in [0, 0.05) is 0 Å². The largest absolute Gasteiger partial charge is 2.00 e. The van der Waals surface area contributed by atoms with E-state index in [1.807, 2.05) is 13.8 Å². The number of aryl methyl sites for hydroxylation is 6. The number of hydrogen-bond donors (Lipinski definition) is 0. The van der Waals surface area contributed by atoms with Gasteiger partial charge in [0.25, 0.3) is 0 Å². The summed E-state index contributed by atoms with van der Waals surface area (Å²) in [4.78, 5) is 19.1. The molecule has 0 N–H and O–H groups in total. The van der Waals surface area contributed by atoms with E-state index in [1.165, 1.54) is 33.4 Å². The molecule has 0 bridgehead atoms. The second-order valence-electron chi connectivity index (χ2n) is 8.09. The van der Waals surface area contributed by atoms with Crippen molar-refractivity contribution < 1.29 is 17.1 Å². The molecule has 0 spiro atoms. The van der Waals surface area contributed by atoms with Crippen molar-refractivity contribution in [1.82, 2.24) is 0 Å². The van der Waals surface area contributed by atoms with Crippen molar-refractivity contribution in [2.45, 2.75) is 55.4 Å². The van der Waals surface area contributed by atoms with Gasteiger partial charge in [0.05, 0.1) is 35.1 Å². The van der Waals surface area contributed by atoms with Crippen LogP contribution >= 0.6 is 0 Å². The molecule has 0 atom stereocenters. The van der Waals surface area contributed by atoms with Gasteiger partial charge in [-0.3, -0.25) is 9.98 Å². The molecule has 2 aromatic carbocycles. The zero-order valence-electron chi connectivity index (χ0n) is 21.2. The van der Waals surface area contributed by atoms with Crippen molar-refractivity contribution in [3.05, 3.63) is 72.5 Å². The van der Waals surface area contributed by atoms with Gasteiger partial charge in [0.15, 0.2) is 5.84 Å². The summed E-state index contributed by atoms with van der Waals surface area (Å²) >= 11 is 0. The topological polar surface area (TPSA) is 49.4 Å². The third kappa shape index (κ3) is 6.57. The van der Waals surface area contributed by atoms with Gasteiger partial charge in [0.2, 0.25) is 0 Å². The Morgan fingerprint density at radius 3 is 1.47 bits per heavy atom. The van der Waals surface area contributed by atoms with Crippen molar-refractivity contribution in [2.75, 3.05) is 6.54 Å². The molecule has 1 heterocycles. The molecule has 0 aliphatic carbocycles. The standard InChI is InChI=1S/C25H30N4.2CH3.Fe/c1-14-9-16(3)23(17(4)10-14)27-20(7)22-13-26-25(29-22)21(8)28-24-18(5)11-15(2)12-19(24)6;;;/h9-12H,13H2,1-8H3;2*1H3;/q;2*-1;+2. The van der Waals surface area contributed by atoms with Crippen molar-refractivity contribution in [3.8, 4) is 0 Å². The SMILES string of the molecule is CC(=Nc1c(C)cc(C)cc1C)C1=NC(C(C)=Nc2c(C)cc(C)cc2C)=NC1.[CH3-].[CH3-].[Fe+2]. The monoisotopic (exact) mass is 472 g/mol. The van der Waals surface area contributed by atoms with Crippen LogP contribution in [0.2, 0.25) is 0 Å². The van der Waals surface area contributed by atoms with Gasteiger partial charge in [-0.2, -0.15) is 0 Å². The van der Waals surface area contributed by atoms with E-state index in [2.05, 4.69) is 70.8 Å². The maximum absolute atomic E-state index is 4.87. The molecule has 0 saturated heterocycles. The first kappa shape index (κ1) is 29.6. The Bertz CT molecular complexity index is 1060. The number of aliphatic imine (C=N–C) groups is 4. The first-order valence-corrected chi connectivity index (χ1v) is 10.0. The average Bonchev–Trinajstić information content (AvgIpc) is 3.11. The number of benzene rings is 2. The van der Waals surface area contributed by atoms with Gasteiger partial charge in [-0.15, -0.1) is 0 Å². The van der Waals surface area contributed by atoms with E-state index in [9.17, 15) is 0 Å². The third-order valence-electron chi connectivity index (χ3n) is 5.19. The quantitative estimate of drug-likeness (QED) is 0.257. The van der Waals surface area contributed by atoms with E-state index in [4.69, 9.17) is 15.0 Å². The van der Waals surface area contributed by atoms with Crippen LogP contribution in [0, 0.1) is 56.4 Å². The van der Waals surface area contributed by atoms with Gasteiger partial charge < -0.3 is 14.9 Å². The molecule has 0 aromatic heterocycles. The summed E-state index contributed by atoms with van der Waals surface area (Å²) in [6, 6.07) is 8.65. The van der Waals surface area contributed by atoms with Gasteiger partial charge in [0.1, 0.15) is 0 Å². The molecule has 0 unspecified atom stereocenters. The summed E-state index contributed by atoms with van der Waals surface area (Å²) < 4.78 is 0. The van der Waals surface area contributed by atoms with Crippen LogP contribution in [0.25, 0.3) is 0 Å². The molecule has 0 amide bonds. The minimum Gasteiger partial charge on any atom is -0.358 e. The Hall–Kier alpha value is -2.36. The Labute approximate surface area is 205 Å². The summed E-state index contributed by atoms with van der Waals surface area (Å²) in [5, 5.41) is 0. The summed E-state index contributed by atoms with van der Waals surface area (Å²) in [5.74, 6) is 0.700. The van der Waals surface area contributed by atoms with Crippen molar-refractivity contribution in [2.24, 2.45) is 20.0 Å². The number of amidine groups is 1. The predicted molar refractivity (Wildman–Crippen MR) is 139 cm³/mol. The molecule has 32 heavy (non-hydrogen) atoms. The smallest absolute Gasteiger partial charge is 0.358 e. The minimum atomic E-state index is 0. The third-order valence-corrected chi connectivity index (χ3v) is 5.19. The van der Waals surface area contributed by atoms with Crippen LogP contribution in [-0.2, 0) is 17.1 Å². The second-order valence-corrected chi connectivity index (χ2v) is 8.09. The Morgan fingerprint density at radius 2 is 1.06 bits per heavy atom. The zero-order chi connectivity index (χ0) is 21.3. The fourth-order valence-corrected chi connectivity index (χ4v) is 3.89. The van der Waals surface area contributed by atoms with Crippen molar-refractivity contribution in [1.29, 1.82) is 0 Å². The Morgan fingerprint density at radius 1 is 0.688 bits per heavy atom. The molecule has 2 aromatic rings. The second kappa shape index (κ2) is 12.0. The van der Waals surface area contributed by atoms with Crippen LogP contribution in [0.1, 0.15) is 47.2 Å². The molecule has 0 radical (unpaired) electrons. The maximum Gasteiger partial charge on any atom is 2.00 e. The number of rotatable bonds is 4. The number of nitrogens with zero attached hydrogens (tertiary/aromatic N) is 4. The Kier molecular flexibility index (Phi) is 11.1. The molecular formula is C27H36FeN4. The molecule has 0 saturated carbocycles. The van der Waals surface area contributed by atoms with E-state index in [0.717, 1.165) is 28.5 Å². The molecule has 1 aliphatic heterocycles. The predicted octanol–water partition coefficient (Wildman–Crippen LogP) is 7.17. The fraction of sp³-hybridized carbons (Fsp3) is 0.333. The summed E-state index contributed by atoms with van der Waals surface area (Å²) in [6.45, 7) is 17.2. The average molecular weight is 472 g/mol. The van der Waals surface area contributed by atoms with Gasteiger partial charge >= 0.3 is 17.1 Å². The van der Waals surface area contributed by atoms with Crippen LogP contribution in [-0.4, -0.2) is 29.5 Å². The zero-order valence-corrected chi connectivity index (χ0v) is 22.3. The van der Waals surface area contributed by atoms with Crippen molar-refractivity contribution >= 4 is 34.3 Å². The number of hydrogen-bond acceptors (Lipinski definition) is 4. The molecule has 1 aliphatic rings. The molecular weight excluding hydrogens is 436 g/mol. The summed E-state index contributed by atoms with van der Waals surface area (Å²) in [7, 11) is 0. The van der Waals surface area contributed by atoms with Gasteiger partial charge in [-0.1, -0.05) is 35.4 Å². The van der Waals surface area contributed by atoms with E-state index in [0.29, 0.717) is 12.4 Å².